The van der Waals surface area contributed by atoms with E-state index in [0.29, 0.717) is 110 Å². The van der Waals surface area contributed by atoms with Crippen molar-refractivity contribution in [1.29, 1.82) is 0 Å². The smallest absolute Gasteiger partial charge is 0.120 e. The molecule has 0 saturated carbocycles. The van der Waals surface area contributed by atoms with Gasteiger partial charge >= 0.3 is 0 Å². The summed E-state index contributed by atoms with van der Waals surface area (Å²) in [5, 5.41) is 2.83. The molecule has 10 nitrogen and oxygen atoms in total. The zero-order valence-corrected chi connectivity index (χ0v) is 38.6. The lowest BCUT2D eigenvalue weighted by molar-refractivity contribution is 0.0763. The van der Waals surface area contributed by atoms with Crippen LogP contribution in [-0.4, -0.2) is 106 Å². The molecule has 0 atom stereocenters. The average molecular weight is 869 g/mol. The lowest BCUT2D eigenvalue weighted by Crippen LogP contribution is -2.27. The van der Waals surface area contributed by atoms with Gasteiger partial charge in [0, 0.05) is 21.2 Å². The summed E-state index contributed by atoms with van der Waals surface area (Å²) < 4.78 is 95.9. The molecule has 312 valence electrons. The van der Waals surface area contributed by atoms with Crippen LogP contribution in [0.25, 0.3) is 0 Å². The summed E-state index contributed by atoms with van der Waals surface area (Å²) in [7, 11) is -12.1. The fraction of sp³-hybridized carbons (Fsp3) is 0.455. The van der Waals surface area contributed by atoms with E-state index in [0.717, 1.165) is 44.5 Å². The van der Waals surface area contributed by atoms with Crippen molar-refractivity contribution in [3.63, 3.8) is 0 Å². The zero-order chi connectivity index (χ0) is 41.6. The van der Waals surface area contributed by atoms with E-state index in [1.54, 1.807) is 53.3 Å². The lowest BCUT2D eigenvalue weighted by atomic mass is 9.92. The van der Waals surface area contributed by atoms with Crippen molar-refractivity contribution in [2.75, 3.05) is 106 Å². The van der Waals surface area contributed by atoms with Crippen LogP contribution in [0.2, 0.25) is 0 Å². The SMILES string of the molecule is CP(C)(=O)c1c2cc3cc1Cc1cc4cc(c1P(C)(C)=O)Cc1cc(cc(c1P(C)(C)=O)Cc1cc(cc(c1P(C)(C)=O)C2)OCCOCCO3)OCCOCCO4. The van der Waals surface area contributed by atoms with E-state index < -0.39 is 28.6 Å². The fourth-order valence-corrected chi connectivity index (χ4v) is 15.7. The minimum Gasteiger partial charge on any atom is -0.491 e. The topological polar surface area (TPSA) is 124 Å². The monoisotopic (exact) mass is 868 g/mol. The van der Waals surface area contributed by atoms with Crippen molar-refractivity contribution in [2.45, 2.75) is 25.7 Å². The Hall–Kier alpha value is -3.08. The van der Waals surface area contributed by atoms with Crippen LogP contribution in [0, 0.1) is 0 Å². The quantitative estimate of drug-likeness (QED) is 0.176. The van der Waals surface area contributed by atoms with Gasteiger partial charge in [0.2, 0.25) is 0 Å². The zero-order valence-electron chi connectivity index (χ0n) is 35.0. The third kappa shape index (κ3) is 9.76. The first-order chi connectivity index (χ1) is 27.3. The molecule has 0 unspecified atom stereocenters. The highest BCUT2D eigenvalue weighted by Gasteiger charge is 2.32. The van der Waals surface area contributed by atoms with E-state index >= 15 is 0 Å². The third-order valence-corrected chi connectivity index (χ3v) is 17.2. The van der Waals surface area contributed by atoms with Crippen molar-refractivity contribution >= 4 is 49.8 Å². The molecule has 7 rings (SSSR count). The van der Waals surface area contributed by atoms with Crippen LogP contribution < -0.4 is 40.2 Å². The first-order valence-electron chi connectivity index (χ1n) is 19.8. The molecule has 58 heavy (non-hydrogen) atoms. The van der Waals surface area contributed by atoms with Crippen molar-refractivity contribution in [1.82, 2.24) is 0 Å². The standard InChI is InChI=1S/C44H56O10P4/c1-55(2,45)41-29-17-30-22-38-27-35(42(30)56(3,4)46)20-36-28-40-24-32(44(36)58(7,8)48)18-31-23-39(53-15-11-50-12-16-54-40)26-34(43(31)57(5,6)47)19-33(41)25-37(21-29)51-13-9-49-10-14-52-38/h21-28H,9-20H2,1-8H3. The van der Waals surface area contributed by atoms with Gasteiger partial charge in [-0.2, -0.15) is 0 Å². The van der Waals surface area contributed by atoms with Crippen molar-refractivity contribution in [2.24, 2.45) is 0 Å². The largest absolute Gasteiger partial charge is 0.491 e. The molecule has 0 fully saturated rings. The fourth-order valence-electron chi connectivity index (χ4n) is 8.99. The molecule has 4 aromatic rings. The van der Waals surface area contributed by atoms with Gasteiger partial charge in [0.15, 0.2) is 0 Å². The van der Waals surface area contributed by atoms with Gasteiger partial charge in [-0.15, -0.1) is 0 Å². The van der Waals surface area contributed by atoms with Crippen molar-refractivity contribution in [3.05, 3.63) is 93.0 Å². The van der Waals surface area contributed by atoms with Crippen LogP contribution in [0.1, 0.15) is 44.5 Å². The number of benzene rings is 4. The Kier molecular flexibility index (Phi) is 12.4. The first-order valence-corrected chi connectivity index (χ1v) is 30.2. The maximum absolute atomic E-state index is 14.7. The molecule has 3 aliphatic rings. The Labute approximate surface area is 343 Å². The minimum absolute atomic E-state index is 0.284. The van der Waals surface area contributed by atoms with Gasteiger partial charge < -0.3 is 46.7 Å². The molecular weight excluding hydrogens is 812 g/mol. The Balaban J connectivity index is 1.66. The van der Waals surface area contributed by atoms with Gasteiger partial charge in [0.05, 0.1) is 26.4 Å². The summed E-state index contributed by atoms with van der Waals surface area (Å²) in [6, 6.07) is 15.6. The highest BCUT2D eigenvalue weighted by Crippen LogP contribution is 2.47. The van der Waals surface area contributed by atoms with E-state index in [9.17, 15) is 18.3 Å². The number of hydrogen-bond acceptors (Lipinski definition) is 10. The van der Waals surface area contributed by atoms with Gasteiger partial charge in [-0.05, 0) is 172 Å². The van der Waals surface area contributed by atoms with E-state index in [1.807, 2.05) is 48.5 Å². The van der Waals surface area contributed by atoms with E-state index in [2.05, 4.69) is 0 Å². The maximum Gasteiger partial charge on any atom is 0.120 e. The van der Waals surface area contributed by atoms with Gasteiger partial charge in [-0.25, -0.2) is 0 Å². The van der Waals surface area contributed by atoms with E-state index in [-0.39, 0.29) is 12.8 Å². The second-order valence-electron chi connectivity index (χ2n) is 17.1. The van der Waals surface area contributed by atoms with E-state index in [4.69, 9.17) is 28.4 Å². The first kappa shape index (κ1) is 43.0. The Morgan fingerprint density at radius 3 is 0.638 bits per heavy atom. The Morgan fingerprint density at radius 2 is 0.483 bits per heavy atom. The van der Waals surface area contributed by atoms with Crippen LogP contribution in [0.15, 0.2) is 48.5 Å². The summed E-state index contributed by atoms with van der Waals surface area (Å²) >= 11 is 0. The molecule has 2 heterocycles. The molecule has 2 aliphatic heterocycles. The van der Waals surface area contributed by atoms with Crippen LogP contribution in [0.4, 0.5) is 0 Å². The number of hydrogen-bond donors (Lipinski definition) is 0. The summed E-state index contributed by atoms with van der Waals surface area (Å²) in [5.74, 6) is 2.39. The number of ether oxygens (including phenoxy) is 6. The van der Waals surface area contributed by atoms with Crippen LogP contribution >= 0.6 is 28.6 Å². The van der Waals surface area contributed by atoms with Crippen molar-refractivity contribution < 1.29 is 46.7 Å². The molecule has 0 N–H and O–H groups in total. The van der Waals surface area contributed by atoms with Crippen LogP contribution in [0.3, 0.4) is 0 Å². The normalized spacial score (nSPS) is 16.8. The number of fused-ring (bicyclic) bond motifs is 8. The summed E-state index contributed by atoms with van der Waals surface area (Å²) in [6.45, 7) is 16.7. The lowest BCUT2D eigenvalue weighted by Gasteiger charge is -2.27. The molecule has 0 spiro atoms. The van der Waals surface area contributed by atoms with Gasteiger partial charge in [0.1, 0.15) is 78.0 Å². The molecule has 0 aromatic heterocycles. The second kappa shape index (κ2) is 16.8. The second-order valence-corrected chi connectivity index (χ2v) is 29.7. The molecule has 0 amide bonds. The molecule has 1 aliphatic carbocycles. The van der Waals surface area contributed by atoms with Crippen molar-refractivity contribution in [3.8, 4) is 23.0 Å². The summed E-state index contributed by atoms with van der Waals surface area (Å²) in [4.78, 5) is 0. The third-order valence-electron chi connectivity index (χ3n) is 10.6. The Morgan fingerprint density at radius 1 is 0.310 bits per heavy atom. The number of rotatable bonds is 4. The van der Waals surface area contributed by atoms with Gasteiger partial charge in [-0.3, -0.25) is 0 Å². The Bertz CT molecular complexity index is 2100. The van der Waals surface area contributed by atoms with Gasteiger partial charge in [-0.1, -0.05) is 0 Å². The minimum atomic E-state index is -3.02. The highest BCUT2D eigenvalue weighted by molar-refractivity contribution is 7.71. The summed E-state index contributed by atoms with van der Waals surface area (Å²) in [6.07, 6.45) is 1.17. The van der Waals surface area contributed by atoms with E-state index in [1.165, 1.54) is 0 Å². The molecular formula is C44H56O10P4. The molecule has 14 heteroatoms. The maximum atomic E-state index is 14.7. The molecule has 4 aromatic carbocycles. The molecule has 0 radical (unpaired) electrons. The van der Waals surface area contributed by atoms with Gasteiger partial charge in [0.25, 0.3) is 0 Å². The average Bonchev–Trinajstić information content (AvgIpc) is 3.07. The summed E-state index contributed by atoms with van der Waals surface area (Å²) in [5.41, 5.74) is 6.30. The predicted molar refractivity (Wildman–Crippen MR) is 237 cm³/mol. The molecule has 12 bridgehead atoms. The molecule has 0 saturated heterocycles. The predicted octanol–water partition coefficient (Wildman–Crippen LogP) is 6.93. The highest BCUT2D eigenvalue weighted by atomic mass is 31.2. The van der Waals surface area contributed by atoms with Crippen LogP contribution in [-0.2, 0) is 53.4 Å². The van der Waals surface area contributed by atoms with Crippen LogP contribution in [0.5, 0.6) is 23.0 Å².